The maximum Gasteiger partial charge on any atom is 0.156 e. The number of rotatable bonds is 5. The second-order valence-electron chi connectivity index (χ2n) is 6.35. The minimum absolute atomic E-state index is 0.218. The maximum atomic E-state index is 12.7. The van der Waals surface area contributed by atoms with Crippen molar-refractivity contribution in [3.05, 3.63) is 12.2 Å². The molecule has 2 saturated carbocycles. The van der Waals surface area contributed by atoms with Crippen LogP contribution in [-0.4, -0.2) is 37.5 Å². The van der Waals surface area contributed by atoms with Crippen LogP contribution in [0.15, 0.2) is 12.2 Å². The van der Waals surface area contributed by atoms with E-state index in [2.05, 4.69) is 13.5 Å². The highest BCUT2D eigenvalue weighted by molar-refractivity contribution is 5.90. The Kier molecular flexibility index (Phi) is 4.67. The molecule has 2 rings (SSSR count). The zero-order chi connectivity index (χ0) is 14.9. The van der Waals surface area contributed by atoms with Crippen LogP contribution in [0.2, 0.25) is 0 Å². The van der Waals surface area contributed by atoms with Gasteiger partial charge in [-0.1, -0.05) is 13.5 Å². The Morgan fingerprint density at radius 2 is 2.05 bits per heavy atom. The number of methoxy groups -OCH3 is 2. The minimum Gasteiger partial charge on any atom is -0.389 e. The molecule has 2 aliphatic rings. The highest BCUT2D eigenvalue weighted by Gasteiger charge is 2.56. The van der Waals surface area contributed by atoms with E-state index in [0.717, 1.165) is 6.42 Å². The lowest BCUT2D eigenvalue weighted by Crippen LogP contribution is -2.42. The molecule has 0 aromatic heterocycles. The predicted molar refractivity (Wildman–Crippen MR) is 76.1 cm³/mol. The van der Waals surface area contributed by atoms with E-state index in [-0.39, 0.29) is 18.0 Å². The molecule has 1 N–H and O–H groups in total. The summed E-state index contributed by atoms with van der Waals surface area (Å²) >= 11 is 0. The minimum atomic E-state index is -0.554. The lowest BCUT2D eigenvalue weighted by Gasteiger charge is -2.41. The van der Waals surface area contributed by atoms with Crippen LogP contribution in [0.3, 0.4) is 0 Å². The number of carbonyl (C=O) groups excluding carboxylic acids is 1. The molecule has 2 fully saturated rings. The van der Waals surface area contributed by atoms with Gasteiger partial charge in [-0.2, -0.15) is 0 Å². The number of Topliss-reactive ketones (excluding diaryl/α,β-unsaturated/α-hetero) is 1. The van der Waals surface area contributed by atoms with Crippen molar-refractivity contribution in [2.75, 3.05) is 14.2 Å². The van der Waals surface area contributed by atoms with Crippen LogP contribution < -0.4 is 0 Å². The zero-order valence-electron chi connectivity index (χ0n) is 12.7. The second-order valence-corrected chi connectivity index (χ2v) is 6.35. The van der Waals surface area contributed by atoms with Gasteiger partial charge in [0.1, 0.15) is 5.78 Å². The van der Waals surface area contributed by atoms with Gasteiger partial charge in [0.25, 0.3) is 0 Å². The first kappa shape index (κ1) is 15.7. The van der Waals surface area contributed by atoms with E-state index in [1.54, 1.807) is 14.2 Å². The molecule has 0 aromatic carbocycles. The number of ketones is 1. The van der Waals surface area contributed by atoms with Crippen LogP contribution in [0.4, 0.5) is 0 Å². The number of aliphatic hydroxyl groups excluding tert-OH is 1. The molecule has 0 aromatic rings. The molecule has 114 valence electrons. The van der Waals surface area contributed by atoms with E-state index in [4.69, 9.17) is 9.47 Å². The van der Waals surface area contributed by atoms with Gasteiger partial charge in [0.15, 0.2) is 6.29 Å². The molecule has 0 radical (unpaired) electrons. The van der Waals surface area contributed by atoms with Crippen molar-refractivity contribution in [1.29, 1.82) is 0 Å². The van der Waals surface area contributed by atoms with Gasteiger partial charge >= 0.3 is 0 Å². The molecule has 4 nitrogen and oxygen atoms in total. The van der Waals surface area contributed by atoms with Gasteiger partial charge in [0.2, 0.25) is 0 Å². The average molecular weight is 282 g/mol. The Labute approximate surface area is 121 Å². The SMILES string of the molecule is C=C1C(O)C[C@@H]2C[C@@H](C)CC(=O)[C@]12CCC(OC)OC. The number of ether oxygens (including phenoxy) is 2. The summed E-state index contributed by atoms with van der Waals surface area (Å²) in [5, 5.41) is 10.2. The molecule has 4 atom stereocenters. The Morgan fingerprint density at radius 3 is 2.65 bits per heavy atom. The summed E-state index contributed by atoms with van der Waals surface area (Å²) in [5.74, 6) is 0.865. The van der Waals surface area contributed by atoms with Crippen molar-refractivity contribution >= 4 is 5.78 Å². The van der Waals surface area contributed by atoms with Crippen molar-refractivity contribution < 1.29 is 19.4 Å². The van der Waals surface area contributed by atoms with Crippen molar-refractivity contribution in [2.45, 2.75) is 51.4 Å². The highest BCUT2D eigenvalue weighted by Crippen LogP contribution is 2.56. The number of fused-ring (bicyclic) bond motifs is 1. The van der Waals surface area contributed by atoms with E-state index in [0.29, 0.717) is 37.2 Å². The van der Waals surface area contributed by atoms with Gasteiger partial charge in [-0.05, 0) is 43.1 Å². The number of hydrogen-bond donors (Lipinski definition) is 1. The first-order valence-electron chi connectivity index (χ1n) is 7.42. The van der Waals surface area contributed by atoms with Crippen LogP contribution >= 0.6 is 0 Å². The third-order valence-corrected chi connectivity index (χ3v) is 5.20. The standard InChI is InChI=1S/C16H26O4/c1-10-7-12-9-13(17)11(2)16(12,14(18)8-10)6-5-15(19-3)20-4/h10,12-13,15,17H,2,5-9H2,1,3-4H3/t10-,12+,13?,16-/m1/s1. The summed E-state index contributed by atoms with van der Waals surface area (Å²) in [4.78, 5) is 12.7. The van der Waals surface area contributed by atoms with Gasteiger partial charge in [-0.25, -0.2) is 0 Å². The third kappa shape index (κ3) is 2.45. The lowest BCUT2D eigenvalue weighted by molar-refractivity contribution is -0.138. The molecule has 0 aliphatic heterocycles. The van der Waals surface area contributed by atoms with E-state index < -0.39 is 11.5 Å². The van der Waals surface area contributed by atoms with Gasteiger partial charge in [-0.3, -0.25) is 4.79 Å². The normalized spacial score (nSPS) is 37.5. The molecule has 0 bridgehead atoms. The molecule has 0 heterocycles. The Bertz CT molecular complexity index is 388. The fourth-order valence-corrected chi connectivity index (χ4v) is 4.13. The van der Waals surface area contributed by atoms with Gasteiger partial charge in [0.05, 0.1) is 11.5 Å². The van der Waals surface area contributed by atoms with E-state index in [1.165, 1.54) is 0 Å². The summed E-state index contributed by atoms with van der Waals surface area (Å²) in [7, 11) is 3.21. The Morgan fingerprint density at radius 1 is 1.40 bits per heavy atom. The summed E-state index contributed by atoms with van der Waals surface area (Å²) in [5.41, 5.74) is 0.159. The molecule has 0 saturated heterocycles. The average Bonchev–Trinajstić information content (AvgIpc) is 2.64. The van der Waals surface area contributed by atoms with Crippen LogP contribution in [0, 0.1) is 17.3 Å². The summed E-state index contributed by atoms with van der Waals surface area (Å²) in [6.45, 7) is 6.16. The van der Waals surface area contributed by atoms with Crippen LogP contribution in [0.5, 0.6) is 0 Å². The lowest BCUT2D eigenvalue weighted by atomic mass is 9.61. The molecule has 4 heteroatoms. The van der Waals surface area contributed by atoms with Crippen molar-refractivity contribution in [3.63, 3.8) is 0 Å². The molecule has 20 heavy (non-hydrogen) atoms. The van der Waals surface area contributed by atoms with Crippen LogP contribution in [0.25, 0.3) is 0 Å². The van der Waals surface area contributed by atoms with Gasteiger partial charge < -0.3 is 14.6 Å². The fraction of sp³-hybridized carbons (Fsp3) is 0.812. The van der Waals surface area contributed by atoms with E-state index in [9.17, 15) is 9.90 Å². The Balaban J connectivity index is 2.22. The van der Waals surface area contributed by atoms with E-state index in [1.807, 2.05) is 0 Å². The highest BCUT2D eigenvalue weighted by atomic mass is 16.7. The Hall–Kier alpha value is -0.710. The first-order valence-corrected chi connectivity index (χ1v) is 7.42. The molecule has 1 unspecified atom stereocenters. The van der Waals surface area contributed by atoms with Gasteiger partial charge in [-0.15, -0.1) is 0 Å². The maximum absolute atomic E-state index is 12.7. The number of carbonyl (C=O) groups is 1. The molecular weight excluding hydrogens is 256 g/mol. The molecular formula is C16H26O4. The molecule has 0 spiro atoms. The summed E-state index contributed by atoms with van der Waals surface area (Å²) < 4.78 is 10.5. The summed E-state index contributed by atoms with van der Waals surface area (Å²) in [6.07, 6.45) is 2.71. The van der Waals surface area contributed by atoms with Crippen LogP contribution in [0.1, 0.15) is 39.0 Å². The fourth-order valence-electron chi connectivity index (χ4n) is 4.13. The topological polar surface area (TPSA) is 55.8 Å². The van der Waals surface area contributed by atoms with E-state index >= 15 is 0 Å². The largest absolute Gasteiger partial charge is 0.389 e. The van der Waals surface area contributed by atoms with Crippen LogP contribution in [-0.2, 0) is 14.3 Å². The second kappa shape index (κ2) is 5.96. The zero-order valence-corrected chi connectivity index (χ0v) is 12.7. The predicted octanol–water partition coefficient (Wildman–Crippen LogP) is 2.31. The first-order chi connectivity index (χ1) is 9.45. The monoisotopic (exact) mass is 282 g/mol. The third-order valence-electron chi connectivity index (χ3n) is 5.20. The van der Waals surface area contributed by atoms with Crippen molar-refractivity contribution in [2.24, 2.45) is 17.3 Å². The smallest absolute Gasteiger partial charge is 0.156 e. The summed E-state index contributed by atoms with van der Waals surface area (Å²) in [6, 6.07) is 0. The van der Waals surface area contributed by atoms with Crippen molar-refractivity contribution in [3.8, 4) is 0 Å². The number of hydrogen-bond acceptors (Lipinski definition) is 4. The molecule has 2 aliphatic carbocycles. The quantitative estimate of drug-likeness (QED) is 0.621. The molecule has 0 amide bonds. The number of aliphatic hydroxyl groups is 1. The van der Waals surface area contributed by atoms with Crippen molar-refractivity contribution in [1.82, 2.24) is 0 Å². The van der Waals surface area contributed by atoms with Gasteiger partial charge in [0, 0.05) is 20.6 Å².